The molecule has 3 aromatic carbocycles. The van der Waals surface area contributed by atoms with E-state index in [1.165, 1.54) is 6.92 Å². The van der Waals surface area contributed by atoms with E-state index in [4.69, 9.17) is 21.1 Å². The summed E-state index contributed by atoms with van der Waals surface area (Å²) in [7, 11) is 0. The molecular formula is C24H23ClO3. The SMILES string of the molecule is CC(=O)Oc1ccc(Cl)cc1C(c1cccc(Oc2ccccc2)c1)C(C)C. The van der Waals surface area contributed by atoms with Gasteiger partial charge in [-0.1, -0.05) is 55.8 Å². The highest BCUT2D eigenvalue weighted by Crippen LogP contribution is 2.40. The molecule has 3 aromatic rings. The van der Waals surface area contributed by atoms with E-state index in [2.05, 4.69) is 19.9 Å². The zero-order valence-electron chi connectivity index (χ0n) is 16.2. The summed E-state index contributed by atoms with van der Waals surface area (Å²) in [6, 6.07) is 23.0. The summed E-state index contributed by atoms with van der Waals surface area (Å²) in [6.45, 7) is 5.67. The summed E-state index contributed by atoms with van der Waals surface area (Å²) >= 11 is 6.26. The maximum atomic E-state index is 11.6. The van der Waals surface area contributed by atoms with Crippen molar-refractivity contribution in [1.82, 2.24) is 0 Å². The Kier molecular flexibility index (Phi) is 6.37. The van der Waals surface area contributed by atoms with Crippen LogP contribution in [0.5, 0.6) is 17.2 Å². The Bertz CT molecular complexity index is 951. The number of para-hydroxylation sites is 1. The molecule has 144 valence electrons. The molecule has 0 aliphatic rings. The zero-order valence-corrected chi connectivity index (χ0v) is 16.9. The minimum atomic E-state index is -0.354. The van der Waals surface area contributed by atoms with Crippen molar-refractivity contribution in [2.24, 2.45) is 5.92 Å². The first-order valence-corrected chi connectivity index (χ1v) is 9.62. The molecule has 1 atom stereocenters. The largest absolute Gasteiger partial charge is 0.457 e. The molecule has 0 heterocycles. The van der Waals surface area contributed by atoms with Crippen molar-refractivity contribution in [2.75, 3.05) is 0 Å². The highest BCUT2D eigenvalue weighted by Gasteiger charge is 2.23. The van der Waals surface area contributed by atoms with E-state index in [0.29, 0.717) is 10.8 Å². The average molecular weight is 395 g/mol. The van der Waals surface area contributed by atoms with Crippen LogP contribution in [0.2, 0.25) is 5.02 Å². The van der Waals surface area contributed by atoms with Gasteiger partial charge in [-0.15, -0.1) is 0 Å². The van der Waals surface area contributed by atoms with Crippen LogP contribution in [0.3, 0.4) is 0 Å². The molecule has 0 aromatic heterocycles. The van der Waals surface area contributed by atoms with Gasteiger partial charge in [0.05, 0.1) is 0 Å². The van der Waals surface area contributed by atoms with Crippen molar-refractivity contribution >= 4 is 17.6 Å². The van der Waals surface area contributed by atoms with Crippen LogP contribution >= 0.6 is 11.6 Å². The number of esters is 1. The molecule has 0 aliphatic heterocycles. The molecule has 1 unspecified atom stereocenters. The van der Waals surface area contributed by atoms with Crippen molar-refractivity contribution in [3.8, 4) is 17.2 Å². The quantitative estimate of drug-likeness (QED) is 0.339. The van der Waals surface area contributed by atoms with Crippen LogP contribution in [-0.2, 0) is 4.79 Å². The maximum absolute atomic E-state index is 11.6. The van der Waals surface area contributed by atoms with E-state index in [-0.39, 0.29) is 17.8 Å². The Morgan fingerprint density at radius 3 is 2.29 bits per heavy atom. The Hall–Kier alpha value is -2.78. The van der Waals surface area contributed by atoms with Crippen LogP contribution < -0.4 is 9.47 Å². The molecule has 0 N–H and O–H groups in total. The van der Waals surface area contributed by atoms with Gasteiger partial charge >= 0.3 is 5.97 Å². The first-order valence-electron chi connectivity index (χ1n) is 9.25. The fourth-order valence-corrected chi connectivity index (χ4v) is 3.51. The number of benzene rings is 3. The van der Waals surface area contributed by atoms with Crippen LogP contribution in [0.1, 0.15) is 37.8 Å². The van der Waals surface area contributed by atoms with Gasteiger partial charge in [-0.3, -0.25) is 4.79 Å². The van der Waals surface area contributed by atoms with Gasteiger partial charge in [-0.25, -0.2) is 0 Å². The van der Waals surface area contributed by atoms with Gasteiger partial charge in [0.15, 0.2) is 0 Å². The first kappa shape index (κ1) is 20.0. The number of carbonyl (C=O) groups is 1. The second kappa shape index (κ2) is 8.94. The third-order valence-electron chi connectivity index (χ3n) is 4.42. The molecule has 4 heteroatoms. The van der Waals surface area contributed by atoms with Crippen molar-refractivity contribution in [3.05, 3.63) is 88.9 Å². The second-order valence-electron chi connectivity index (χ2n) is 6.99. The number of hydrogen-bond donors (Lipinski definition) is 0. The van der Waals surface area contributed by atoms with Gasteiger partial charge in [-0.2, -0.15) is 0 Å². The lowest BCUT2D eigenvalue weighted by Crippen LogP contribution is -2.12. The average Bonchev–Trinajstić information content (AvgIpc) is 2.65. The van der Waals surface area contributed by atoms with E-state index in [1.807, 2.05) is 54.6 Å². The summed E-state index contributed by atoms with van der Waals surface area (Å²) in [6.07, 6.45) is 0. The summed E-state index contributed by atoms with van der Waals surface area (Å²) < 4.78 is 11.4. The fraction of sp³-hybridized carbons (Fsp3) is 0.208. The van der Waals surface area contributed by atoms with Gasteiger partial charge in [-0.05, 0) is 53.9 Å². The molecule has 3 rings (SSSR count). The van der Waals surface area contributed by atoms with Crippen molar-refractivity contribution in [3.63, 3.8) is 0 Å². The van der Waals surface area contributed by atoms with Gasteiger partial charge in [0, 0.05) is 23.4 Å². The Morgan fingerprint density at radius 1 is 0.893 bits per heavy atom. The molecule has 0 fully saturated rings. The van der Waals surface area contributed by atoms with E-state index >= 15 is 0 Å². The van der Waals surface area contributed by atoms with Crippen LogP contribution in [-0.4, -0.2) is 5.97 Å². The number of halogens is 1. The van der Waals surface area contributed by atoms with E-state index in [0.717, 1.165) is 22.6 Å². The molecule has 0 bridgehead atoms. The zero-order chi connectivity index (χ0) is 20.1. The van der Waals surface area contributed by atoms with Gasteiger partial charge in [0.2, 0.25) is 0 Å². The van der Waals surface area contributed by atoms with Crippen molar-refractivity contribution in [1.29, 1.82) is 0 Å². The lowest BCUT2D eigenvalue weighted by molar-refractivity contribution is -0.131. The van der Waals surface area contributed by atoms with E-state index in [1.54, 1.807) is 12.1 Å². The summed E-state index contributed by atoms with van der Waals surface area (Å²) in [4.78, 5) is 11.6. The number of rotatable bonds is 6. The van der Waals surface area contributed by atoms with E-state index < -0.39 is 0 Å². The number of carbonyl (C=O) groups excluding carboxylic acids is 1. The number of ether oxygens (including phenoxy) is 2. The summed E-state index contributed by atoms with van der Waals surface area (Å²) in [5, 5.41) is 0.605. The highest BCUT2D eigenvalue weighted by molar-refractivity contribution is 6.30. The van der Waals surface area contributed by atoms with Gasteiger partial charge in [0.25, 0.3) is 0 Å². The van der Waals surface area contributed by atoms with Crippen LogP contribution in [0.25, 0.3) is 0 Å². The molecule has 0 spiro atoms. The highest BCUT2D eigenvalue weighted by atomic mass is 35.5. The Balaban J connectivity index is 2.01. The summed E-state index contributed by atoms with van der Waals surface area (Å²) in [5.41, 5.74) is 1.95. The third-order valence-corrected chi connectivity index (χ3v) is 4.66. The Morgan fingerprint density at radius 2 is 1.61 bits per heavy atom. The molecule has 0 saturated heterocycles. The molecular weight excluding hydrogens is 372 g/mol. The standard InChI is InChI=1S/C24H23ClO3/c1-16(2)24(22-15-19(25)12-13-23(22)27-17(3)26)18-8-7-11-21(14-18)28-20-9-5-4-6-10-20/h4-16,24H,1-3H3. The monoisotopic (exact) mass is 394 g/mol. The smallest absolute Gasteiger partial charge is 0.308 e. The minimum absolute atomic E-state index is 0.00706. The molecule has 0 saturated carbocycles. The van der Waals surface area contributed by atoms with Crippen LogP contribution in [0.4, 0.5) is 0 Å². The number of hydrogen-bond acceptors (Lipinski definition) is 3. The van der Waals surface area contributed by atoms with Crippen molar-refractivity contribution in [2.45, 2.75) is 26.7 Å². The Labute approximate surface area is 170 Å². The summed E-state index contributed by atoms with van der Waals surface area (Å²) in [5.74, 6) is 1.96. The topological polar surface area (TPSA) is 35.5 Å². The fourth-order valence-electron chi connectivity index (χ4n) is 3.33. The second-order valence-corrected chi connectivity index (χ2v) is 7.42. The first-order chi connectivity index (χ1) is 13.4. The third kappa shape index (κ3) is 4.93. The molecule has 0 radical (unpaired) electrons. The predicted molar refractivity (Wildman–Crippen MR) is 112 cm³/mol. The van der Waals surface area contributed by atoms with Crippen molar-refractivity contribution < 1.29 is 14.3 Å². The van der Waals surface area contributed by atoms with Crippen LogP contribution in [0, 0.1) is 5.92 Å². The van der Waals surface area contributed by atoms with E-state index in [9.17, 15) is 4.79 Å². The lowest BCUT2D eigenvalue weighted by atomic mass is 9.82. The minimum Gasteiger partial charge on any atom is -0.457 e. The molecule has 0 amide bonds. The maximum Gasteiger partial charge on any atom is 0.308 e. The normalized spacial score (nSPS) is 11.9. The lowest BCUT2D eigenvalue weighted by Gasteiger charge is -2.24. The van der Waals surface area contributed by atoms with Gasteiger partial charge in [0.1, 0.15) is 17.2 Å². The molecule has 28 heavy (non-hydrogen) atoms. The molecule has 0 aliphatic carbocycles. The predicted octanol–water partition coefficient (Wildman–Crippen LogP) is 6.85. The van der Waals surface area contributed by atoms with Gasteiger partial charge < -0.3 is 9.47 Å². The van der Waals surface area contributed by atoms with Crippen LogP contribution in [0.15, 0.2) is 72.8 Å². The molecule has 3 nitrogen and oxygen atoms in total.